The predicted molar refractivity (Wildman–Crippen MR) is 99.2 cm³/mol. The van der Waals surface area contributed by atoms with Crippen LogP contribution in [0, 0.1) is 0 Å². The Bertz CT molecular complexity index is 876. The van der Waals surface area contributed by atoms with E-state index in [4.69, 9.17) is 23.9 Å². The van der Waals surface area contributed by atoms with Crippen LogP contribution < -0.4 is 18.9 Å². The summed E-state index contributed by atoms with van der Waals surface area (Å²) in [6, 6.07) is 11.5. The van der Waals surface area contributed by atoms with Crippen LogP contribution in [0.15, 0.2) is 41.8 Å². The van der Waals surface area contributed by atoms with Gasteiger partial charge in [0.05, 0.1) is 34.1 Å². The van der Waals surface area contributed by atoms with Crippen LogP contribution in [0.4, 0.5) is 0 Å². The standard InChI is InChI=1S/C19H19NO4S/c1-21-13-6-7-14(17(10-13)23-3)15-11-25-19(20-15)12-5-8-16(22-2)18(9-12)24-4/h5-11H,1-4H3. The molecule has 0 spiro atoms. The Kier molecular flexibility index (Phi) is 5.09. The maximum absolute atomic E-state index is 5.47. The molecule has 0 aliphatic carbocycles. The van der Waals surface area contributed by atoms with Crippen LogP contribution in [-0.2, 0) is 0 Å². The largest absolute Gasteiger partial charge is 0.497 e. The Morgan fingerprint density at radius 1 is 0.760 bits per heavy atom. The van der Waals surface area contributed by atoms with Crippen LogP contribution in [0.3, 0.4) is 0 Å². The van der Waals surface area contributed by atoms with Gasteiger partial charge < -0.3 is 18.9 Å². The zero-order valence-electron chi connectivity index (χ0n) is 14.5. The van der Waals surface area contributed by atoms with E-state index < -0.39 is 0 Å². The van der Waals surface area contributed by atoms with Crippen molar-refractivity contribution in [3.05, 3.63) is 41.8 Å². The van der Waals surface area contributed by atoms with Crippen LogP contribution in [0.1, 0.15) is 0 Å². The van der Waals surface area contributed by atoms with E-state index in [9.17, 15) is 0 Å². The molecule has 3 rings (SSSR count). The minimum atomic E-state index is 0.679. The molecule has 6 heteroatoms. The molecule has 2 aromatic carbocycles. The first-order valence-electron chi connectivity index (χ1n) is 7.60. The summed E-state index contributed by atoms with van der Waals surface area (Å²) in [6.45, 7) is 0. The van der Waals surface area contributed by atoms with Gasteiger partial charge in [0.1, 0.15) is 16.5 Å². The summed E-state index contributed by atoms with van der Waals surface area (Å²) in [4.78, 5) is 4.75. The van der Waals surface area contributed by atoms with Crippen molar-refractivity contribution in [2.24, 2.45) is 0 Å². The molecule has 0 aliphatic heterocycles. The number of nitrogens with zero attached hydrogens (tertiary/aromatic N) is 1. The molecule has 25 heavy (non-hydrogen) atoms. The van der Waals surface area contributed by atoms with Crippen LogP contribution in [0.2, 0.25) is 0 Å². The number of hydrogen-bond acceptors (Lipinski definition) is 6. The van der Waals surface area contributed by atoms with E-state index >= 15 is 0 Å². The van der Waals surface area contributed by atoms with E-state index in [0.717, 1.165) is 33.3 Å². The number of rotatable bonds is 6. The molecule has 0 saturated carbocycles. The summed E-state index contributed by atoms with van der Waals surface area (Å²) in [7, 11) is 6.51. The molecule has 5 nitrogen and oxygen atoms in total. The van der Waals surface area contributed by atoms with Crippen molar-refractivity contribution < 1.29 is 18.9 Å². The summed E-state index contributed by atoms with van der Waals surface area (Å²) in [5.41, 5.74) is 2.75. The van der Waals surface area contributed by atoms with Gasteiger partial charge in [0.15, 0.2) is 11.5 Å². The fraction of sp³-hybridized carbons (Fsp3) is 0.211. The quantitative estimate of drug-likeness (QED) is 0.649. The number of aromatic nitrogens is 1. The lowest BCUT2D eigenvalue weighted by molar-refractivity contribution is 0.355. The highest BCUT2D eigenvalue weighted by Gasteiger charge is 2.13. The fourth-order valence-corrected chi connectivity index (χ4v) is 3.33. The summed E-state index contributed by atoms with van der Waals surface area (Å²) < 4.78 is 21.4. The van der Waals surface area contributed by atoms with E-state index in [1.54, 1.807) is 39.8 Å². The number of methoxy groups -OCH3 is 4. The molecule has 1 heterocycles. The van der Waals surface area contributed by atoms with Gasteiger partial charge in [0, 0.05) is 22.6 Å². The Balaban J connectivity index is 1.98. The van der Waals surface area contributed by atoms with Gasteiger partial charge in [-0.05, 0) is 30.3 Å². The van der Waals surface area contributed by atoms with Gasteiger partial charge in [0.2, 0.25) is 0 Å². The van der Waals surface area contributed by atoms with E-state index in [-0.39, 0.29) is 0 Å². The number of ether oxygens (including phenoxy) is 4. The molecule has 3 aromatic rings. The van der Waals surface area contributed by atoms with E-state index in [1.165, 1.54) is 0 Å². The lowest BCUT2D eigenvalue weighted by Gasteiger charge is -2.09. The Morgan fingerprint density at radius 2 is 1.52 bits per heavy atom. The predicted octanol–water partition coefficient (Wildman–Crippen LogP) is 4.51. The first-order valence-corrected chi connectivity index (χ1v) is 8.48. The topological polar surface area (TPSA) is 49.8 Å². The highest BCUT2D eigenvalue weighted by atomic mass is 32.1. The van der Waals surface area contributed by atoms with Crippen molar-refractivity contribution in [1.82, 2.24) is 4.98 Å². The molecule has 0 amide bonds. The summed E-state index contributed by atoms with van der Waals surface area (Å²) >= 11 is 1.56. The number of hydrogen-bond donors (Lipinski definition) is 0. The minimum Gasteiger partial charge on any atom is -0.497 e. The fourth-order valence-electron chi connectivity index (χ4n) is 2.51. The minimum absolute atomic E-state index is 0.679. The van der Waals surface area contributed by atoms with E-state index in [0.29, 0.717) is 11.5 Å². The first kappa shape index (κ1) is 17.1. The van der Waals surface area contributed by atoms with E-state index in [1.807, 2.05) is 41.8 Å². The van der Waals surface area contributed by atoms with Crippen molar-refractivity contribution in [3.63, 3.8) is 0 Å². The first-order chi connectivity index (χ1) is 12.2. The van der Waals surface area contributed by atoms with Crippen molar-refractivity contribution >= 4 is 11.3 Å². The second-order valence-corrected chi connectivity index (χ2v) is 6.03. The molecule has 1 aromatic heterocycles. The smallest absolute Gasteiger partial charge is 0.161 e. The van der Waals surface area contributed by atoms with Gasteiger partial charge in [-0.25, -0.2) is 4.98 Å². The van der Waals surface area contributed by atoms with Crippen LogP contribution >= 0.6 is 11.3 Å². The van der Waals surface area contributed by atoms with Gasteiger partial charge >= 0.3 is 0 Å². The third-order valence-electron chi connectivity index (χ3n) is 3.82. The Morgan fingerprint density at radius 3 is 2.20 bits per heavy atom. The van der Waals surface area contributed by atoms with Crippen molar-refractivity contribution in [2.75, 3.05) is 28.4 Å². The molecule has 0 aliphatic rings. The SMILES string of the molecule is COc1ccc(-c2csc(-c3ccc(OC)c(OC)c3)n2)c(OC)c1. The molecule has 0 N–H and O–H groups in total. The van der Waals surface area contributed by atoms with Crippen LogP contribution in [-0.4, -0.2) is 33.4 Å². The lowest BCUT2D eigenvalue weighted by Crippen LogP contribution is -1.91. The van der Waals surface area contributed by atoms with Crippen molar-refractivity contribution in [2.45, 2.75) is 0 Å². The lowest BCUT2D eigenvalue weighted by atomic mass is 10.1. The molecule has 0 saturated heterocycles. The van der Waals surface area contributed by atoms with Crippen LogP contribution in [0.25, 0.3) is 21.8 Å². The monoisotopic (exact) mass is 357 g/mol. The van der Waals surface area contributed by atoms with Crippen LogP contribution in [0.5, 0.6) is 23.0 Å². The third kappa shape index (κ3) is 3.39. The van der Waals surface area contributed by atoms with E-state index in [2.05, 4.69) is 0 Å². The normalized spacial score (nSPS) is 10.4. The van der Waals surface area contributed by atoms with Gasteiger partial charge in [-0.3, -0.25) is 0 Å². The van der Waals surface area contributed by atoms with Gasteiger partial charge in [-0.1, -0.05) is 0 Å². The zero-order chi connectivity index (χ0) is 17.8. The summed E-state index contributed by atoms with van der Waals surface area (Å²) in [6.07, 6.45) is 0. The molecule has 0 radical (unpaired) electrons. The zero-order valence-corrected chi connectivity index (χ0v) is 15.3. The highest BCUT2D eigenvalue weighted by molar-refractivity contribution is 7.13. The highest BCUT2D eigenvalue weighted by Crippen LogP contribution is 2.38. The molecule has 0 unspecified atom stereocenters. The van der Waals surface area contributed by atoms with Crippen molar-refractivity contribution in [1.29, 1.82) is 0 Å². The maximum Gasteiger partial charge on any atom is 0.161 e. The molecule has 0 atom stereocenters. The second kappa shape index (κ2) is 7.44. The van der Waals surface area contributed by atoms with Crippen molar-refractivity contribution in [3.8, 4) is 44.8 Å². The average Bonchev–Trinajstić information content (AvgIpc) is 3.16. The second-order valence-electron chi connectivity index (χ2n) is 5.17. The van der Waals surface area contributed by atoms with Gasteiger partial charge in [0.25, 0.3) is 0 Å². The number of thiazole rings is 1. The molecular formula is C19H19NO4S. The molecule has 130 valence electrons. The molecule has 0 bridgehead atoms. The summed E-state index contributed by atoms with van der Waals surface area (Å²) in [5, 5.41) is 2.91. The summed E-state index contributed by atoms with van der Waals surface area (Å²) in [5.74, 6) is 2.85. The third-order valence-corrected chi connectivity index (χ3v) is 4.71. The van der Waals surface area contributed by atoms with Gasteiger partial charge in [-0.15, -0.1) is 11.3 Å². The molecular weight excluding hydrogens is 338 g/mol. The Hall–Kier alpha value is -2.73. The number of benzene rings is 2. The average molecular weight is 357 g/mol. The Labute approximate surface area is 150 Å². The van der Waals surface area contributed by atoms with Gasteiger partial charge in [-0.2, -0.15) is 0 Å². The molecule has 0 fully saturated rings. The maximum atomic E-state index is 5.47.